The summed E-state index contributed by atoms with van der Waals surface area (Å²) < 4.78 is 0. The summed E-state index contributed by atoms with van der Waals surface area (Å²) in [4.78, 5) is 40.1. The lowest BCUT2D eigenvalue weighted by molar-refractivity contribution is -0.134. The zero-order chi connectivity index (χ0) is 17.6. The fourth-order valence-electron chi connectivity index (χ4n) is 3.47. The van der Waals surface area contributed by atoms with Crippen molar-refractivity contribution in [2.75, 3.05) is 26.2 Å². The summed E-state index contributed by atoms with van der Waals surface area (Å²) in [6.07, 6.45) is 3.45. The van der Waals surface area contributed by atoms with Crippen LogP contribution in [0.1, 0.15) is 31.2 Å². The van der Waals surface area contributed by atoms with E-state index in [1.165, 1.54) is 0 Å². The normalized spacial score (nSPS) is 20.6. The molecular formula is C19H25N3O3. The fourth-order valence-corrected chi connectivity index (χ4v) is 3.47. The summed E-state index contributed by atoms with van der Waals surface area (Å²) in [7, 11) is 0. The quantitative estimate of drug-likeness (QED) is 0.872. The third kappa shape index (κ3) is 4.59. The largest absolute Gasteiger partial charge is 0.347 e. The second-order valence-electron chi connectivity index (χ2n) is 6.82. The lowest BCUT2D eigenvalue weighted by Gasteiger charge is -2.26. The van der Waals surface area contributed by atoms with Crippen LogP contribution in [0.5, 0.6) is 0 Å². The van der Waals surface area contributed by atoms with Gasteiger partial charge in [0.05, 0.1) is 12.5 Å². The fraction of sp³-hybridized carbons (Fsp3) is 0.526. The first kappa shape index (κ1) is 17.5. The maximum atomic E-state index is 12.3. The molecule has 0 spiro atoms. The standard InChI is InChI=1S/C19H25N3O3/c23-17-11-16(14-22(17)13-15-7-3-1-4-8-15)19(25)20-12-18(24)21-9-5-2-6-10-21/h1,3-4,7-8,16H,2,5-6,9-14H2,(H,20,25)/t16-/m1/s1. The molecule has 3 rings (SSSR count). The molecule has 0 unspecified atom stereocenters. The molecule has 0 aromatic heterocycles. The molecule has 2 fully saturated rings. The summed E-state index contributed by atoms with van der Waals surface area (Å²) in [5.41, 5.74) is 1.05. The van der Waals surface area contributed by atoms with Crippen molar-refractivity contribution in [1.82, 2.24) is 15.1 Å². The lowest BCUT2D eigenvalue weighted by Crippen LogP contribution is -2.44. The molecular weight excluding hydrogens is 318 g/mol. The average molecular weight is 343 g/mol. The SMILES string of the molecule is O=C(NCC(=O)N1CCCCC1)[C@@H]1CC(=O)N(Cc2ccccc2)C1. The monoisotopic (exact) mass is 343 g/mol. The van der Waals surface area contributed by atoms with Crippen LogP contribution >= 0.6 is 0 Å². The van der Waals surface area contributed by atoms with Gasteiger partial charge in [-0.05, 0) is 24.8 Å². The number of amides is 3. The summed E-state index contributed by atoms with van der Waals surface area (Å²) in [6.45, 7) is 2.53. The van der Waals surface area contributed by atoms with Crippen molar-refractivity contribution in [2.24, 2.45) is 5.92 Å². The second-order valence-corrected chi connectivity index (χ2v) is 6.82. The smallest absolute Gasteiger partial charge is 0.241 e. The summed E-state index contributed by atoms with van der Waals surface area (Å²) >= 11 is 0. The topological polar surface area (TPSA) is 69.7 Å². The number of carbonyl (C=O) groups excluding carboxylic acids is 3. The number of benzene rings is 1. The summed E-state index contributed by atoms with van der Waals surface area (Å²) in [5.74, 6) is -0.607. The van der Waals surface area contributed by atoms with Gasteiger partial charge in [-0.3, -0.25) is 14.4 Å². The molecule has 6 heteroatoms. The van der Waals surface area contributed by atoms with Gasteiger partial charge in [0, 0.05) is 32.6 Å². The van der Waals surface area contributed by atoms with Gasteiger partial charge in [-0.1, -0.05) is 30.3 Å². The molecule has 1 N–H and O–H groups in total. The zero-order valence-corrected chi connectivity index (χ0v) is 14.4. The van der Waals surface area contributed by atoms with Gasteiger partial charge in [0.25, 0.3) is 0 Å². The van der Waals surface area contributed by atoms with E-state index < -0.39 is 0 Å². The molecule has 2 saturated heterocycles. The third-order valence-electron chi connectivity index (χ3n) is 4.92. The van der Waals surface area contributed by atoms with E-state index in [4.69, 9.17) is 0 Å². The first-order chi connectivity index (χ1) is 12.1. The Morgan fingerprint density at radius 1 is 1.08 bits per heavy atom. The number of hydrogen-bond acceptors (Lipinski definition) is 3. The number of carbonyl (C=O) groups is 3. The van der Waals surface area contributed by atoms with Crippen LogP contribution < -0.4 is 5.32 Å². The van der Waals surface area contributed by atoms with Crippen molar-refractivity contribution < 1.29 is 14.4 Å². The van der Waals surface area contributed by atoms with Crippen LogP contribution in [0.3, 0.4) is 0 Å². The van der Waals surface area contributed by atoms with Crippen molar-refractivity contribution in [3.05, 3.63) is 35.9 Å². The Kier molecular flexibility index (Phi) is 5.68. The lowest BCUT2D eigenvalue weighted by atomic mass is 10.1. The molecule has 3 amide bonds. The molecule has 2 aliphatic heterocycles. The van der Waals surface area contributed by atoms with E-state index in [2.05, 4.69) is 5.32 Å². The van der Waals surface area contributed by atoms with Crippen molar-refractivity contribution in [2.45, 2.75) is 32.2 Å². The Morgan fingerprint density at radius 2 is 1.80 bits per heavy atom. The van der Waals surface area contributed by atoms with E-state index in [0.29, 0.717) is 13.1 Å². The third-order valence-corrected chi connectivity index (χ3v) is 4.92. The number of rotatable bonds is 5. The minimum Gasteiger partial charge on any atom is -0.347 e. The van der Waals surface area contributed by atoms with Gasteiger partial charge in [0.2, 0.25) is 17.7 Å². The van der Waals surface area contributed by atoms with Crippen molar-refractivity contribution in [3.8, 4) is 0 Å². The van der Waals surface area contributed by atoms with E-state index in [1.54, 1.807) is 4.90 Å². The molecule has 0 radical (unpaired) electrons. The number of likely N-dealkylation sites (tertiary alicyclic amines) is 2. The molecule has 134 valence electrons. The maximum Gasteiger partial charge on any atom is 0.241 e. The zero-order valence-electron chi connectivity index (χ0n) is 14.4. The minimum atomic E-state index is -0.370. The van der Waals surface area contributed by atoms with Gasteiger partial charge in [-0.25, -0.2) is 0 Å². The number of nitrogens with one attached hydrogen (secondary N) is 1. The average Bonchev–Trinajstić information content (AvgIpc) is 3.01. The van der Waals surface area contributed by atoms with E-state index in [9.17, 15) is 14.4 Å². The predicted octanol–water partition coefficient (Wildman–Crippen LogP) is 1.16. The Balaban J connectivity index is 1.46. The molecule has 2 heterocycles. The van der Waals surface area contributed by atoms with Crippen LogP contribution in [0.2, 0.25) is 0 Å². The molecule has 0 aliphatic carbocycles. The van der Waals surface area contributed by atoms with Crippen LogP contribution in [0.25, 0.3) is 0 Å². The molecule has 0 saturated carbocycles. The minimum absolute atomic E-state index is 0.00800. The Labute approximate surface area is 148 Å². The number of piperidine rings is 1. The highest BCUT2D eigenvalue weighted by Crippen LogP contribution is 2.20. The van der Waals surface area contributed by atoms with E-state index in [0.717, 1.165) is 37.9 Å². The molecule has 1 aromatic carbocycles. The Bertz CT molecular complexity index is 626. The van der Waals surface area contributed by atoms with Crippen LogP contribution in [-0.4, -0.2) is 53.7 Å². The molecule has 1 atom stereocenters. The predicted molar refractivity (Wildman–Crippen MR) is 93.4 cm³/mol. The van der Waals surface area contributed by atoms with Crippen LogP contribution in [0.4, 0.5) is 0 Å². The highest BCUT2D eigenvalue weighted by molar-refractivity contribution is 5.91. The first-order valence-electron chi connectivity index (χ1n) is 9.00. The number of hydrogen-bond donors (Lipinski definition) is 1. The molecule has 1 aromatic rings. The molecule has 6 nitrogen and oxygen atoms in total. The molecule has 25 heavy (non-hydrogen) atoms. The van der Waals surface area contributed by atoms with Gasteiger partial charge in [-0.2, -0.15) is 0 Å². The Hall–Kier alpha value is -2.37. The Morgan fingerprint density at radius 3 is 2.52 bits per heavy atom. The maximum absolute atomic E-state index is 12.3. The van der Waals surface area contributed by atoms with Crippen LogP contribution in [0, 0.1) is 5.92 Å². The van der Waals surface area contributed by atoms with Gasteiger partial charge < -0.3 is 15.1 Å². The summed E-state index contributed by atoms with van der Waals surface area (Å²) in [6, 6.07) is 9.75. The van der Waals surface area contributed by atoms with Crippen LogP contribution in [-0.2, 0) is 20.9 Å². The first-order valence-corrected chi connectivity index (χ1v) is 9.00. The van der Waals surface area contributed by atoms with E-state index >= 15 is 0 Å². The highest BCUT2D eigenvalue weighted by Gasteiger charge is 2.34. The molecule has 2 aliphatic rings. The van der Waals surface area contributed by atoms with Crippen molar-refractivity contribution in [3.63, 3.8) is 0 Å². The van der Waals surface area contributed by atoms with E-state index in [-0.39, 0.29) is 36.6 Å². The second kappa shape index (κ2) is 8.14. The van der Waals surface area contributed by atoms with Gasteiger partial charge >= 0.3 is 0 Å². The number of nitrogens with zero attached hydrogens (tertiary/aromatic N) is 2. The molecule has 0 bridgehead atoms. The van der Waals surface area contributed by atoms with Crippen molar-refractivity contribution in [1.29, 1.82) is 0 Å². The van der Waals surface area contributed by atoms with E-state index in [1.807, 2.05) is 35.2 Å². The van der Waals surface area contributed by atoms with Gasteiger partial charge in [0.15, 0.2) is 0 Å². The summed E-state index contributed by atoms with van der Waals surface area (Å²) in [5, 5.41) is 2.72. The highest BCUT2D eigenvalue weighted by atomic mass is 16.2. The van der Waals surface area contributed by atoms with Crippen molar-refractivity contribution >= 4 is 17.7 Å². The van der Waals surface area contributed by atoms with Gasteiger partial charge in [-0.15, -0.1) is 0 Å². The van der Waals surface area contributed by atoms with Crippen LogP contribution in [0.15, 0.2) is 30.3 Å². The van der Waals surface area contributed by atoms with Gasteiger partial charge in [0.1, 0.15) is 0 Å².